The van der Waals surface area contributed by atoms with Gasteiger partial charge >= 0.3 is 0 Å². The summed E-state index contributed by atoms with van der Waals surface area (Å²) in [5.41, 5.74) is 0.925. The highest BCUT2D eigenvalue weighted by Gasteiger charge is 2.08. The van der Waals surface area contributed by atoms with Gasteiger partial charge in [-0.25, -0.2) is 4.39 Å². The van der Waals surface area contributed by atoms with Gasteiger partial charge in [0.15, 0.2) is 11.6 Å². The third kappa shape index (κ3) is 3.77. The molecule has 5 heteroatoms. The minimum Gasteiger partial charge on any atom is -0.453 e. The van der Waals surface area contributed by atoms with Crippen molar-refractivity contribution in [3.63, 3.8) is 0 Å². The molecule has 0 amide bonds. The minimum absolute atomic E-state index is 0.175. The predicted octanol–water partition coefficient (Wildman–Crippen LogP) is 4.45. The molecule has 1 atom stereocenters. The Morgan fingerprint density at radius 3 is 2.80 bits per heavy atom. The fourth-order valence-electron chi connectivity index (χ4n) is 1.80. The lowest BCUT2D eigenvalue weighted by atomic mass is 10.2. The van der Waals surface area contributed by atoms with E-state index in [1.807, 2.05) is 19.9 Å². The predicted molar refractivity (Wildman–Crippen MR) is 80.5 cm³/mol. The molecule has 20 heavy (non-hydrogen) atoms. The summed E-state index contributed by atoms with van der Waals surface area (Å²) in [6, 6.07) is 8.41. The van der Waals surface area contributed by atoms with E-state index in [1.165, 1.54) is 6.07 Å². The summed E-state index contributed by atoms with van der Waals surface area (Å²) >= 11 is 3.29. The van der Waals surface area contributed by atoms with Gasteiger partial charge in [0, 0.05) is 10.5 Å². The summed E-state index contributed by atoms with van der Waals surface area (Å²) in [6.07, 6.45) is 1.60. The maximum Gasteiger partial charge on any atom is 0.165 e. The zero-order chi connectivity index (χ0) is 14.5. The number of aromatic nitrogens is 1. The average Bonchev–Trinajstić information content (AvgIpc) is 2.44. The molecule has 0 saturated carbocycles. The maximum absolute atomic E-state index is 13.6. The highest BCUT2D eigenvalue weighted by Crippen LogP contribution is 2.27. The molecule has 0 spiro atoms. The van der Waals surface area contributed by atoms with E-state index < -0.39 is 5.82 Å². The number of benzene rings is 1. The fraction of sp³-hybridized carbons (Fsp3) is 0.267. The van der Waals surface area contributed by atoms with Crippen LogP contribution in [0.2, 0.25) is 0 Å². The van der Waals surface area contributed by atoms with Crippen LogP contribution >= 0.6 is 15.9 Å². The Morgan fingerprint density at radius 1 is 1.35 bits per heavy atom. The quantitative estimate of drug-likeness (QED) is 0.874. The van der Waals surface area contributed by atoms with Gasteiger partial charge in [0.2, 0.25) is 0 Å². The molecule has 1 unspecified atom stereocenters. The maximum atomic E-state index is 13.6. The Bertz CT molecular complexity index is 575. The molecule has 0 fully saturated rings. The highest BCUT2D eigenvalue weighted by atomic mass is 79.9. The van der Waals surface area contributed by atoms with E-state index in [4.69, 9.17) is 4.74 Å². The van der Waals surface area contributed by atoms with Gasteiger partial charge in [0.25, 0.3) is 0 Å². The van der Waals surface area contributed by atoms with Crippen molar-refractivity contribution in [3.8, 4) is 11.5 Å². The molecule has 3 nitrogen and oxygen atoms in total. The van der Waals surface area contributed by atoms with Crippen molar-refractivity contribution in [2.75, 3.05) is 6.54 Å². The second-order valence-corrected chi connectivity index (χ2v) is 5.29. The molecule has 1 aromatic heterocycles. The molecule has 2 aromatic rings. The summed E-state index contributed by atoms with van der Waals surface area (Å²) in [5, 5.41) is 3.28. The van der Waals surface area contributed by atoms with Gasteiger partial charge in [0.05, 0.1) is 11.9 Å². The number of rotatable bonds is 5. The molecular formula is C15H16BrFN2O. The Balaban J connectivity index is 2.12. The van der Waals surface area contributed by atoms with Crippen LogP contribution in [0.4, 0.5) is 4.39 Å². The van der Waals surface area contributed by atoms with Crippen molar-refractivity contribution in [2.24, 2.45) is 0 Å². The van der Waals surface area contributed by atoms with Crippen molar-refractivity contribution in [3.05, 3.63) is 52.5 Å². The average molecular weight is 339 g/mol. The first-order valence-electron chi connectivity index (χ1n) is 6.42. The van der Waals surface area contributed by atoms with Crippen LogP contribution in [0.25, 0.3) is 0 Å². The molecule has 0 aliphatic rings. The van der Waals surface area contributed by atoms with Gasteiger partial charge in [-0.15, -0.1) is 0 Å². The zero-order valence-corrected chi connectivity index (χ0v) is 12.9. The first kappa shape index (κ1) is 14.9. The van der Waals surface area contributed by atoms with Crippen LogP contribution in [-0.2, 0) is 0 Å². The Morgan fingerprint density at radius 2 is 2.15 bits per heavy atom. The summed E-state index contributed by atoms with van der Waals surface area (Å²) in [4.78, 5) is 4.32. The number of nitrogens with one attached hydrogen (secondary N) is 1. The minimum atomic E-state index is -0.404. The second-order valence-electron chi connectivity index (χ2n) is 4.37. The van der Waals surface area contributed by atoms with E-state index in [9.17, 15) is 4.39 Å². The van der Waals surface area contributed by atoms with Crippen LogP contribution in [0.5, 0.6) is 11.5 Å². The third-order valence-corrected chi connectivity index (χ3v) is 3.33. The Hall–Kier alpha value is -1.46. The van der Waals surface area contributed by atoms with Crippen molar-refractivity contribution in [1.82, 2.24) is 10.3 Å². The molecule has 0 saturated heterocycles. The lowest BCUT2D eigenvalue weighted by molar-refractivity contribution is 0.439. The molecule has 0 radical (unpaired) electrons. The van der Waals surface area contributed by atoms with Crippen LogP contribution in [0.15, 0.2) is 41.0 Å². The van der Waals surface area contributed by atoms with Gasteiger partial charge in [-0.05, 0) is 43.8 Å². The summed E-state index contributed by atoms with van der Waals surface area (Å²) < 4.78 is 19.8. The number of hydrogen-bond acceptors (Lipinski definition) is 3. The van der Waals surface area contributed by atoms with Crippen molar-refractivity contribution in [1.29, 1.82) is 0 Å². The normalized spacial score (nSPS) is 12.2. The summed E-state index contributed by atoms with van der Waals surface area (Å²) in [7, 11) is 0. The van der Waals surface area contributed by atoms with E-state index in [0.717, 1.165) is 16.7 Å². The van der Waals surface area contributed by atoms with Crippen LogP contribution < -0.4 is 10.1 Å². The number of pyridine rings is 1. The highest BCUT2D eigenvalue weighted by molar-refractivity contribution is 9.10. The number of halogens is 2. The molecule has 0 aliphatic heterocycles. The standard InChI is InChI=1S/C15H16BrFN2O/c1-3-18-10(2)14-7-5-12(9-19-14)20-15-8-11(16)4-6-13(15)17/h4-10,18H,3H2,1-2H3. The van der Waals surface area contributed by atoms with Gasteiger partial charge in [-0.2, -0.15) is 0 Å². The third-order valence-electron chi connectivity index (χ3n) is 2.83. The molecular weight excluding hydrogens is 323 g/mol. The summed E-state index contributed by atoms with van der Waals surface area (Å²) in [6.45, 7) is 4.97. The van der Waals surface area contributed by atoms with Crippen molar-refractivity contribution >= 4 is 15.9 Å². The smallest absolute Gasteiger partial charge is 0.165 e. The molecule has 1 heterocycles. The molecule has 106 valence electrons. The fourth-order valence-corrected chi connectivity index (χ4v) is 2.14. The lowest BCUT2D eigenvalue weighted by Gasteiger charge is -2.12. The lowest BCUT2D eigenvalue weighted by Crippen LogP contribution is -2.18. The van der Waals surface area contributed by atoms with Crippen LogP contribution in [-0.4, -0.2) is 11.5 Å². The second kappa shape index (κ2) is 6.81. The van der Waals surface area contributed by atoms with Crippen molar-refractivity contribution in [2.45, 2.75) is 19.9 Å². The largest absolute Gasteiger partial charge is 0.453 e. The van der Waals surface area contributed by atoms with Crippen LogP contribution in [0.1, 0.15) is 25.6 Å². The van der Waals surface area contributed by atoms with E-state index in [2.05, 4.69) is 26.2 Å². The van der Waals surface area contributed by atoms with Crippen LogP contribution in [0, 0.1) is 5.82 Å². The molecule has 0 aliphatic carbocycles. The Labute approximate surface area is 126 Å². The molecule has 2 rings (SSSR count). The van der Waals surface area contributed by atoms with Gasteiger partial charge in [0.1, 0.15) is 5.75 Å². The topological polar surface area (TPSA) is 34.1 Å². The monoisotopic (exact) mass is 338 g/mol. The van der Waals surface area contributed by atoms with Gasteiger partial charge in [-0.3, -0.25) is 4.98 Å². The van der Waals surface area contributed by atoms with E-state index in [0.29, 0.717) is 5.75 Å². The Kier molecular flexibility index (Phi) is 5.09. The first-order valence-corrected chi connectivity index (χ1v) is 7.21. The zero-order valence-electron chi connectivity index (χ0n) is 11.4. The first-order chi connectivity index (χ1) is 9.60. The van der Waals surface area contributed by atoms with E-state index in [-0.39, 0.29) is 11.8 Å². The number of ether oxygens (including phenoxy) is 1. The van der Waals surface area contributed by atoms with Crippen molar-refractivity contribution < 1.29 is 9.13 Å². The van der Waals surface area contributed by atoms with E-state index in [1.54, 1.807) is 24.4 Å². The SMILES string of the molecule is CCNC(C)c1ccc(Oc2cc(Br)ccc2F)cn1. The molecule has 0 bridgehead atoms. The van der Waals surface area contributed by atoms with Gasteiger partial charge in [-0.1, -0.05) is 22.9 Å². The molecule has 1 N–H and O–H groups in total. The molecule has 1 aromatic carbocycles. The number of nitrogens with zero attached hydrogens (tertiary/aromatic N) is 1. The van der Waals surface area contributed by atoms with Gasteiger partial charge < -0.3 is 10.1 Å². The summed E-state index contributed by atoms with van der Waals surface area (Å²) in [5.74, 6) is 0.279. The number of hydrogen-bond donors (Lipinski definition) is 1. The van der Waals surface area contributed by atoms with Crippen LogP contribution in [0.3, 0.4) is 0 Å². The van der Waals surface area contributed by atoms with E-state index >= 15 is 0 Å².